The van der Waals surface area contributed by atoms with Crippen LogP contribution in [0.25, 0.3) is 0 Å². The molecule has 0 aromatic rings. The molecule has 0 aromatic carbocycles. The van der Waals surface area contributed by atoms with Gasteiger partial charge in [-0.2, -0.15) is 0 Å². The molecule has 0 saturated carbocycles. The lowest BCUT2D eigenvalue weighted by atomic mass is 10.1. The lowest BCUT2D eigenvalue weighted by Gasteiger charge is -2.03. The zero-order valence-corrected chi connectivity index (χ0v) is 8.73. The molecule has 0 aromatic heterocycles. The Morgan fingerprint density at radius 2 is 1.62 bits per heavy atom. The van der Waals surface area contributed by atoms with E-state index in [2.05, 4.69) is 0 Å². The molecule has 0 heterocycles. The standard InChI is InChI=1S/C6H14N2O2.2CHNO/c7-4-2-1-3-5(8)6(9)10;2*2-1-3/h5H,1-4,7-8H2,(H,9,10);2*2H/t5-;;/m0../s1. The number of unbranched alkanes of at least 4 members (excludes halogenated alkanes) is 1. The molecule has 0 saturated heterocycles. The largest absolute Gasteiger partial charge is 0.480 e. The van der Waals surface area contributed by atoms with Gasteiger partial charge in [0.1, 0.15) is 6.04 Å². The van der Waals surface area contributed by atoms with Gasteiger partial charge in [-0.1, -0.05) is 6.42 Å². The highest BCUT2D eigenvalue weighted by Crippen LogP contribution is 1.96. The average Bonchev–Trinajstić information content (AvgIpc) is 2.20. The van der Waals surface area contributed by atoms with E-state index >= 15 is 0 Å². The molecular formula is C8H16N4O4. The molecule has 92 valence electrons. The maximum atomic E-state index is 10.1. The Balaban J connectivity index is -0.000000235. The van der Waals surface area contributed by atoms with Crippen LogP contribution in [-0.4, -0.2) is 35.8 Å². The van der Waals surface area contributed by atoms with Gasteiger partial charge in [0.25, 0.3) is 0 Å². The average molecular weight is 232 g/mol. The maximum Gasteiger partial charge on any atom is 0.320 e. The van der Waals surface area contributed by atoms with Gasteiger partial charge < -0.3 is 16.6 Å². The van der Waals surface area contributed by atoms with E-state index in [0.717, 1.165) is 25.0 Å². The van der Waals surface area contributed by atoms with E-state index < -0.39 is 12.0 Å². The third-order valence-corrected chi connectivity index (χ3v) is 1.29. The first-order valence-electron chi connectivity index (χ1n) is 4.27. The van der Waals surface area contributed by atoms with Crippen molar-refractivity contribution in [1.29, 1.82) is 10.8 Å². The summed E-state index contributed by atoms with van der Waals surface area (Å²) in [5, 5.41) is 19.1. The summed E-state index contributed by atoms with van der Waals surface area (Å²) in [4.78, 5) is 26.8. The van der Waals surface area contributed by atoms with Crippen molar-refractivity contribution in [3.05, 3.63) is 0 Å². The van der Waals surface area contributed by atoms with E-state index in [0.29, 0.717) is 13.0 Å². The second-order valence-electron chi connectivity index (χ2n) is 2.43. The fourth-order valence-electron chi connectivity index (χ4n) is 0.632. The predicted octanol–water partition coefficient (Wildman–Crippen LogP) is -0.671. The minimum Gasteiger partial charge on any atom is -0.480 e. The summed E-state index contributed by atoms with van der Waals surface area (Å²) in [5.41, 5.74) is 10.4. The number of hydrogen-bond donors (Lipinski definition) is 5. The molecule has 8 nitrogen and oxygen atoms in total. The van der Waals surface area contributed by atoms with Crippen molar-refractivity contribution in [3.8, 4) is 0 Å². The van der Waals surface area contributed by atoms with Gasteiger partial charge >= 0.3 is 5.97 Å². The maximum absolute atomic E-state index is 10.1. The summed E-state index contributed by atoms with van der Waals surface area (Å²) in [6.45, 7) is 0.604. The molecule has 0 unspecified atom stereocenters. The molecule has 0 aliphatic heterocycles. The van der Waals surface area contributed by atoms with Gasteiger partial charge in [-0.3, -0.25) is 4.79 Å². The monoisotopic (exact) mass is 232 g/mol. The number of hydrogen-bond acceptors (Lipinski definition) is 7. The van der Waals surface area contributed by atoms with Crippen LogP contribution in [0.4, 0.5) is 0 Å². The summed E-state index contributed by atoms with van der Waals surface area (Å²) in [5.74, 6) is -0.933. The van der Waals surface area contributed by atoms with Crippen molar-refractivity contribution < 1.29 is 19.5 Å². The number of carbonyl (C=O) groups is 1. The van der Waals surface area contributed by atoms with E-state index in [-0.39, 0.29) is 0 Å². The number of aliphatic carboxylic acids is 1. The number of carboxylic acids is 1. The molecule has 8 heteroatoms. The zero-order chi connectivity index (χ0) is 13.4. The van der Waals surface area contributed by atoms with Gasteiger partial charge in [0.2, 0.25) is 12.2 Å². The molecule has 0 aliphatic rings. The molecule has 0 radical (unpaired) electrons. The minimum absolute atomic E-state index is 0.520. The number of carboxylic acid groups (broad SMARTS) is 1. The quantitative estimate of drug-likeness (QED) is 0.239. The van der Waals surface area contributed by atoms with Crippen molar-refractivity contribution in [2.45, 2.75) is 25.3 Å². The number of carbonyl (C=O) groups excluding carboxylic acids is 2. The molecule has 0 aliphatic carbocycles. The third-order valence-electron chi connectivity index (χ3n) is 1.29. The van der Waals surface area contributed by atoms with E-state index in [1.165, 1.54) is 0 Å². The van der Waals surface area contributed by atoms with Gasteiger partial charge in [0.15, 0.2) is 0 Å². The highest BCUT2D eigenvalue weighted by molar-refractivity contribution is 5.72. The first-order chi connectivity index (χ1) is 7.51. The van der Waals surface area contributed by atoms with Gasteiger partial charge in [-0.15, -0.1) is 0 Å². The Bertz CT molecular complexity index is 220. The van der Waals surface area contributed by atoms with Crippen molar-refractivity contribution >= 4 is 18.1 Å². The van der Waals surface area contributed by atoms with Crippen molar-refractivity contribution in [1.82, 2.24) is 0 Å². The minimum atomic E-state index is -0.933. The molecule has 16 heavy (non-hydrogen) atoms. The molecule has 0 spiro atoms. The first-order valence-corrected chi connectivity index (χ1v) is 4.27. The fraction of sp³-hybridized carbons (Fsp3) is 0.625. The summed E-state index contributed by atoms with van der Waals surface area (Å²) >= 11 is 0. The van der Waals surface area contributed by atoms with Gasteiger partial charge in [-0.05, 0) is 19.4 Å². The number of nitrogens with one attached hydrogen (secondary N) is 2. The third kappa shape index (κ3) is 29.5. The van der Waals surface area contributed by atoms with Crippen LogP contribution in [0, 0.1) is 10.8 Å². The highest BCUT2D eigenvalue weighted by atomic mass is 16.4. The molecule has 0 rings (SSSR count). The fourth-order valence-corrected chi connectivity index (χ4v) is 0.632. The smallest absolute Gasteiger partial charge is 0.320 e. The van der Waals surface area contributed by atoms with E-state index in [1.54, 1.807) is 0 Å². The van der Waals surface area contributed by atoms with Crippen LogP contribution in [0.1, 0.15) is 19.3 Å². The van der Waals surface area contributed by atoms with Crippen molar-refractivity contribution in [2.24, 2.45) is 11.5 Å². The van der Waals surface area contributed by atoms with Crippen LogP contribution in [0.5, 0.6) is 0 Å². The second kappa shape index (κ2) is 18.8. The Hall–Kier alpha value is -1.85. The number of rotatable bonds is 5. The van der Waals surface area contributed by atoms with Crippen LogP contribution in [0.15, 0.2) is 0 Å². The molecule has 0 fully saturated rings. The lowest BCUT2D eigenvalue weighted by molar-refractivity contribution is -0.138. The molecular weight excluding hydrogens is 216 g/mol. The highest BCUT2D eigenvalue weighted by Gasteiger charge is 2.09. The predicted molar refractivity (Wildman–Crippen MR) is 55.3 cm³/mol. The summed E-state index contributed by atoms with van der Waals surface area (Å²) in [6.07, 6.45) is 3.66. The first kappa shape index (κ1) is 19.7. The number of nitrogens with two attached hydrogens (primary N) is 2. The Kier molecular flexibility index (Phi) is 23.2. The van der Waals surface area contributed by atoms with Crippen molar-refractivity contribution in [2.75, 3.05) is 6.54 Å². The molecule has 0 bridgehead atoms. The van der Waals surface area contributed by atoms with Gasteiger partial charge in [0, 0.05) is 0 Å². The SMILES string of the molecule is N=C=O.N=C=O.NCCCC[C@H](N)C(=O)O. The Morgan fingerprint density at radius 3 is 1.88 bits per heavy atom. The van der Waals surface area contributed by atoms with Crippen LogP contribution >= 0.6 is 0 Å². The summed E-state index contributed by atoms with van der Waals surface area (Å²) in [6, 6.07) is -0.716. The topological polar surface area (TPSA) is 171 Å². The second-order valence-corrected chi connectivity index (χ2v) is 2.43. The zero-order valence-electron chi connectivity index (χ0n) is 8.73. The van der Waals surface area contributed by atoms with Crippen LogP contribution < -0.4 is 11.5 Å². The van der Waals surface area contributed by atoms with E-state index in [4.69, 9.17) is 37.0 Å². The lowest BCUT2D eigenvalue weighted by Crippen LogP contribution is -2.29. The van der Waals surface area contributed by atoms with E-state index in [1.807, 2.05) is 0 Å². The number of isocyanates is 2. The summed E-state index contributed by atoms with van der Waals surface area (Å²) in [7, 11) is 0. The van der Waals surface area contributed by atoms with Crippen LogP contribution in [0.2, 0.25) is 0 Å². The Morgan fingerprint density at radius 1 is 1.25 bits per heavy atom. The Labute approximate surface area is 92.6 Å². The normalized spacial score (nSPS) is 9.12. The van der Waals surface area contributed by atoms with E-state index in [9.17, 15) is 4.79 Å². The molecule has 7 N–H and O–H groups in total. The molecule has 1 atom stereocenters. The molecule has 0 amide bonds. The van der Waals surface area contributed by atoms with Crippen LogP contribution in [0.3, 0.4) is 0 Å². The van der Waals surface area contributed by atoms with Gasteiger partial charge in [-0.25, -0.2) is 20.4 Å². The summed E-state index contributed by atoms with van der Waals surface area (Å²) < 4.78 is 0. The van der Waals surface area contributed by atoms with Crippen molar-refractivity contribution in [3.63, 3.8) is 0 Å². The van der Waals surface area contributed by atoms with Crippen LogP contribution in [-0.2, 0) is 14.4 Å². The van der Waals surface area contributed by atoms with Gasteiger partial charge in [0.05, 0.1) is 0 Å².